The minimum atomic E-state index is -1.18. The largest absolute Gasteiger partial charge is 0.480 e. The van der Waals surface area contributed by atoms with E-state index in [1.807, 2.05) is 0 Å². The molecule has 5 nitrogen and oxygen atoms in total. The lowest BCUT2D eigenvalue weighted by atomic mass is 10.1. The van der Waals surface area contributed by atoms with Crippen LogP contribution in [0.5, 0.6) is 0 Å². The first-order valence-corrected chi connectivity index (χ1v) is 6.23. The highest BCUT2D eigenvalue weighted by Gasteiger charge is 2.42. The van der Waals surface area contributed by atoms with E-state index in [2.05, 4.69) is 0 Å². The van der Waals surface area contributed by atoms with Gasteiger partial charge in [0.05, 0.1) is 0 Å². The van der Waals surface area contributed by atoms with Gasteiger partial charge in [-0.2, -0.15) is 0 Å². The molecule has 0 aromatic heterocycles. The molecule has 100 valence electrons. The third-order valence-electron chi connectivity index (χ3n) is 3.04. The van der Waals surface area contributed by atoms with E-state index in [-0.39, 0.29) is 12.8 Å². The van der Waals surface area contributed by atoms with Gasteiger partial charge in [-0.1, -0.05) is 30.3 Å². The monoisotopic (exact) mass is 281 g/mol. The Morgan fingerprint density at radius 1 is 1.32 bits per heavy atom. The van der Waals surface area contributed by atoms with Gasteiger partial charge in [-0.3, -0.25) is 14.5 Å². The van der Waals surface area contributed by atoms with E-state index in [1.54, 1.807) is 30.3 Å². The smallest absolute Gasteiger partial charge is 0.326 e. The molecule has 1 aliphatic heterocycles. The van der Waals surface area contributed by atoms with Crippen LogP contribution in [0.4, 0.5) is 0 Å². The highest BCUT2D eigenvalue weighted by atomic mass is 35.5. The molecule has 0 aliphatic carbocycles. The van der Waals surface area contributed by atoms with Crippen LogP contribution in [0, 0.1) is 0 Å². The van der Waals surface area contributed by atoms with Crippen LogP contribution in [-0.4, -0.2) is 33.8 Å². The Hall–Kier alpha value is -1.88. The van der Waals surface area contributed by atoms with Gasteiger partial charge in [0.15, 0.2) is 0 Å². The number of aliphatic carboxylic acids is 1. The molecule has 1 N–H and O–H groups in total. The minimum absolute atomic E-state index is 0.0567. The maximum absolute atomic E-state index is 12.2. The summed E-state index contributed by atoms with van der Waals surface area (Å²) in [5.74, 6) is -2.35. The Labute approximate surface area is 114 Å². The van der Waals surface area contributed by atoms with Gasteiger partial charge in [0.1, 0.15) is 11.4 Å². The number of amides is 2. The van der Waals surface area contributed by atoms with Crippen LogP contribution in [0.15, 0.2) is 30.3 Å². The lowest BCUT2D eigenvalue weighted by Gasteiger charge is -2.22. The van der Waals surface area contributed by atoms with Crippen molar-refractivity contribution >= 4 is 29.4 Å². The van der Waals surface area contributed by atoms with Gasteiger partial charge in [0.2, 0.25) is 5.91 Å². The van der Waals surface area contributed by atoms with E-state index in [4.69, 9.17) is 16.7 Å². The third-order valence-corrected chi connectivity index (χ3v) is 3.48. The van der Waals surface area contributed by atoms with Gasteiger partial charge < -0.3 is 5.11 Å². The van der Waals surface area contributed by atoms with E-state index < -0.39 is 29.2 Å². The summed E-state index contributed by atoms with van der Waals surface area (Å²) in [6.45, 7) is 0. The molecule has 0 unspecified atom stereocenters. The van der Waals surface area contributed by atoms with E-state index >= 15 is 0 Å². The summed E-state index contributed by atoms with van der Waals surface area (Å²) in [4.78, 5) is 35.6. The average Bonchev–Trinajstić information content (AvgIpc) is 2.80. The lowest BCUT2D eigenvalue weighted by molar-refractivity contribution is -0.153. The van der Waals surface area contributed by atoms with E-state index in [9.17, 15) is 14.4 Å². The Kier molecular flexibility index (Phi) is 3.85. The molecule has 2 rings (SSSR count). The molecule has 0 bridgehead atoms. The zero-order valence-corrected chi connectivity index (χ0v) is 10.7. The Morgan fingerprint density at radius 2 is 1.95 bits per heavy atom. The van der Waals surface area contributed by atoms with Crippen molar-refractivity contribution in [2.75, 3.05) is 0 Å². The molecule has 1 aromatic carbocycles. The number of alkyl halides is 1. The SMILES string of the molecule is O=C(O)[C@@H]1CCC(=O)N1C(=O)[C@H](Cl)c1ccccc1. The number of imide groups is 1. The first kappa shape index (κ1) is 13.5. The molecular formula is C13H12ClNO4. The molecule has 1 heterocycles. The van der Waals surface area contributed by atoms with Crippen molar-refractivity contribution in [3.63, 3.8) is 0 Å². The first-order chi connectivity index (χ1) is 9.02. The summed E-state index contributed by atoms with van der Waals surface area (Å²) >= 11 is 6.04. The number of nitrogens with zero attached hydrogens (tertiary/aromatic N) is 1. The molecule has 0 radical (unpaired) electrons. The van der Waals surface area contributed by atoms with Gasteiger partial charge in [-0.15, -0.1) is 11.6 Å². The zero-order valence-electron chi connectivity index (χ0n) is 9.95. The molecule has 0 spiro atoms. The van der Waals surface area contributed by atoms with Crippen LogP contribution in [0.25, 0.3) is 0 Å². The topological polar surface area (TPSA) is 74.7 Å². The Bertz CT molecular complexity index is 517. The van der Waals surface area contributed by atoms with Crippen LogP contribution in [-0.2, 0) is 14.4 Å². The van der Waals surface area contributed by atoms with Crippen LogP contribution in [0.1, 0.15) is 23.8 Å². The highest BCUT2D eigenvalue weighted by molar-refractivity contribution is 6.32. The first-order valence-electron chi connectivity index (χ1n) is 5.80. The van der Waals surface area contributed by atoms with Crippen LogP contribution in [0.2, 0.25) is 0 Å². The molecule has 1 saturated heterocycles. The number of carboxylic acids is 1. The summed E-state index contributed by atoms with van der Waals surface area (Å²) in [7, 11) is 0. The number of hydrogen-bond acceptors (Lipinski definition) is 3. The Balaban J connectivity index is 2.23. The summed E-state index contributed by atoms with van der Waals surface area (Å²) in [5, 5.41) is 7.96. The summed E-state index contributed by atoms with van der Waals surface area (Å²) in [6.07, 6.45) is 0.194. The van der Waals surface area contributed by atoms with Crippen molar-refractivity contribution in [1.29, 1.82) is 0 Å². The number of rotatable bonds is 3. The van der Waals surface area contributed by atoms with Gasteiger partial charge in [-0.25, -0.2) is 4.79 Å². The second kappa shape index (κ2) is 5.40. The van der Waals surface area contributed by atoms with E-state index in [0.29, 0.717) is 5.56 Å². The van der Waals surface area contributed by atoms with Crippen LogP contribution < -0.4 is 0 Å². The van der Waals surface area contributed by atoms with Crippen molar-refractivity contribution in [3.05, 3.63) is 35.9 Å². The maximum Gasteiger partial charge on any atom is 0.326 e. The zero-order chi connectivity index (χ0) is 14.0. The normalized spacial score (nSPS) is 20.4. The number of carbonyl (C=O) groups excluding carboxylic acids is 2. The fraction of sp³-hybridized carbons (Fsp3) is 0.308. The standard InChI is InChI=1S/C13H12ClNO4/c14-11(8-4-2-1-3-5-8)12(17)15-9(13(18)19)6-7-10(15)16/h1-5,9,11H,6-7H2,(H,18,19)/t9-,11+/m0/s1. The van der Waals surface area contributed by atoms with Crippen LogP contribution >= 0.6 is 11.6 Å². The van der Waals surface area contributed by atoms with Crippen molar-refractivity contribution in [2.45, 2.75) is 24.3 Å². The number of halogens is 1. The quantitative estimate of drug-likeness (QED) is 0.854. The molecule has 19 heavy (non-hydrogen) atoms. The van der Waals surface area contributed by atoms with Crippen LogP contribution in [0.3, 0.4) is 0 Å². The predicted molar refractivity (Wildman–Crippen MR) is 67.5 cm³/mol. The van der Waals surface area contributed by atoms with Gasteiger partial charge in [0.25, 0.3) is 5.91 Å². The number of hydrogen-bond donors (Lipinski definition) is 1. The number of likely N-dealkylation sites (tertiary alicyclic amines) is 1. The Morgan fingerprint density at radius 3 is 2.53 bits per heavy atom. The van der Waals surface area contributed by atoms with E-state index in [0.717, 1.165) is 4.90 Å². The maximum atomic E-state index is 12.2. The summed E-state index contributed by atoms with van der Waals surface area (Å²) < 4.78 is 0. The average molecular weight is 282 g/mol. The summed E-state index contributed by atoms with van der Waals surface area (Å²) in [6, 6.07) is 7.43. The molecule has 1 fully saturated rings. The van der Waals surface area contributed by atoms with E-state index in [1.165, 1.54) is 0 Å². The number of carbonyl (C=O) groups is 3. The number of carboxylic acid groups (broad SMARTS) is 1. The lowest BCUT2D eigenvalue weighted by Crippen LogP contribution is -2.44. The van der Waals surface area contributed by atoms with Crippen molar-refractivity contribution in [3.8, 4) is 0 Å². The molecule has 2 amide bonds. The van der Waals surface area contributed by atoms with Crippen molar-refractivity contribution < 1.29 is 19.5 Å². The second-order valence-corrected chi connectivity index (χ2v) is 4.70. The molecule has 1 aromatic rings. The minimum Gasteiger partial charge on any atom is -0.480 e. The predicted octanol–water partition coefficient (Wildman–Crippen LogP) is 1.57. The second-order valence-electron chi connectivity index (χ2n) is 4.27. The van der Waals surface area contributed by atoms with Gasteiger partial charge >= 0.3 is 5.97 Å². The highest BCUT2D eigenvalue weighted by Crippen LogP contribution is 2.28. The third kappa shape index (κ3) is 2.61. The van der Waals surface area contributed by atoms with Gasteiger partial charge in [0, 0.05) is 6.42 Å². The van der Waals surface area contributed by atoms with Gasteiger partial charge in [-0.05, 0) is 12.0 Å². The molecular weight excluding hydrogens is 270 g/mol. The number of benzene rings is 1. The molecule has 1 aliphatic rings. The van der Waals surface area contributed by atoms with Crippen molar-refractivity contribution in [2.24, 2.45) is 0 Å². The molecule has 6 heteroatoms. The fourth-order valence-corrected chi connectivity index (χ4v) is 2.33. The fourth-order valence-electron chi connectivity index (χ4n) is 2.08. The molecule has 0 saturated carbocycles. The summed E-state index contributed by atoms with van der Waals surface area (Å²) in [5.41, 5.74) is 0.540. The van der Waals surface area contributed by atoms with Crippen molar-refractivity contribution in [1.82, 2.24) is 4.90 Å². The molecule has 2 atom stereocenters.